The molecule has 0 aliphatic rings. The van der Waals surface area contributed by atoms with Crippen molar-refractivity contribution in [3.63, 3.8) is 0 Å². The lowest BCUT2D eigenvalue weighted by molar-refractivity contribution is 0.502. The van der Waals surface area contributed by atoms with Crippen LogP contribution in [0.3, 0.4) is 0 Å². The van der Waals surface area contributed by atoms with E-state index in [2.05, 4.69) is 40.9 Å². The van der Waals surface area contributed by atoms with Crippen LogP contribution in [0.4, 0.5) is 0 Å². The highest BCUT2D eigenvalue weighted by Gasteiger charge is 2.14. The van der Waals surface area contributed by atoms with Gasteiger partial charge in [-0.2, -0.15) is 0 Å². The zero-order chi connectivity index (χ0) is 8.36. The van der Waals surface area contributed by atoms with Crippen LogP contribution in [0.5, 0.6) is 0 Å². The molecule has 0 fully saturated rings. The van der Waals surface area contributed by atoms with E-state index in [0.717, 1.165) is 0 Å². The Morgan fingerprint density at radius 2 is 1.50 bits per heavy atom. The minimum Gasteiger partial charge on any atom is -0.134 e. The van der Waals surface area contributed by atoms with Gasteiger partial charge >= 0.3 is 0 Å². The molecule has 1 heteroatoms. The highest BCUT2D eigenvalue weighted by atomic mass is 32.2. The fraction of sp³-hybridized carbons (Fsp3) is 0.778. The largest absolute Gasteiger partial charge is 0.134 e. The molecule has 0 aromatic rings. The van der Waals surface area contributed by atoms with Gasteiger partial charge in [0.05, 0.1) is 0 Å². The molecular formula is C9H18S. The van der Waals surface area contributed by atoms with E-state index in [0.29, 0.717) is 5.41 Å². The van der Waals surface area contributed by atoms with Crippen molar-refractivity contribution in [1.82, 2.24) is 0 Å². The maximum atomic E-state index is 2.25. The Hall–Kier alpha value is 0.0900. The monoisotopic (exact) mass is 158 g/mol. The van der Waals surface area contributed by atoms with Gasteiger partial charge < -0.3 is 0 Å². The Labute approximate surface area is 69.1 Å². The third-order valence-electron chi connectivity index (χ3n) is 1.96. The van der Waals surface area contributed by atoms with Gasteiger partial charge in [0.15, 0.2) is 0 Å². The molecule has 60 valence electrons. The van der Waals surface area contributed by atoms with Crippen molar-refractivity contribution < 1.29 is 0 Å². The van der Waals surface area contributed by atoms with Crippen LogP contribution in [0.25, 0.3) is 0 Å². The van der Waals surface area contributed by atoms with Gasteiger partial charge in [-0.1, -0.05) is 26.3 Å². The van der Waals surface area contributed by atoms with Crippen molar-refractivity contribution in [2.24, 2.45) is 5.41 Å². The van der Waals surface area contributed by atoms with E-state index in [1.54, 1.807) is 0 Å². The van der Waals surface area contributed by atoms with Crippen LogP contribution in [0.1, 0.15) is 34.6 Å². The number of thioether (sulfide) groups is 1. The molecule has 0 N–H and O–H groups in total. The number of hydrogen-bond donors (Lipinski definition) is 0. The van der Waals surface area contributed by atoms with Gasteiger partial charge in [-0.05, 0) is 30.4 Å². The lowest BCUT2D eigenvalue weighted by Gasteiger charge is -2.21. The molecule has 0 aromatic heterocycles. The second-order valence-corrected chi connectivity index (χ2v) is 4.66. The van der Waals surface area contributed by atoms with Gasteiger partial charge in [0.1, 0.15) is 0 Å². The van der Waals surface area contributed by atoms with Crippen molar-refractivity contribution in [1.29, 1.82) is 0 Å². The van der Waals surface area contributed by atoms with E-state index < -0.39 is 0 Å². The van der Waals surface area contributed by atoms with Crippen LogP contribution >= 0.6 is 11.8 Å². The van der Waals surface area contributed by atoms with Crippen molar-refractivity contribution in [3.8, 4) is 0 Å². The second-order valence-electron chi connectivity index (χ2n) is 3.64. The smallest absolute Gasteiger partial charge is 0.0140 e. The van der Waals surface area contributed by atoms with Gasteiger partial charge in [-0.15, -0.1) is 11.8 Å². The number of allylic oxidation sites excluding steroid dienone is 2. The highest BCUT2D eigenvalue weighted by molar-refractivity contribution is 8.02. The van der Waals surface area contributed by atoms with Gasteiger partial charge in [0.25, 0.3) is 0 Å². The average molecular weight is 158 g/mol. The zero-order valence-corrected chi connectivity index (χ0v) is 8.72. The summed E-state index contributed by atoms with van der Waals surface area (Å²) in [5.41, 5.74) is 1.84. The molecule has 0 aromatic carbocycles. The van der Waals surface area contributed by atoms with E-state index in [1.165, 1.54) is 10.5 Å². The maximum Gasteiger partial charge on any atom is -0.0140 e. The van der Waals surface area contributed by atoms with Gasteiger partial charge in [-0.3, -0.25) is 0 Å². The van der Waals surface area contributed by atoms with E-state index in [1.807, 2.05) is 11.8 Å². The lowest BCUT2D eigenvalue weighted by Crippen LogP contribution is -2.07. The predicted molar refractivity (Wildman–Crippen MR) is 51.3 cm³/mol. The Bertz CT molecular complexity index is 137. The molecule has 0 spiro atoms. The van der Waals surface area contributed by atoms with Crippen molar-refractivity contribution in [3.05, 3.63) is 10.5 Å². The summed E-state index contributed by atoms with van der Waals surface area (Å²) in [6.07, 6.45) is 2.13. The highest BCUT2D eigenvalue weighted by Crippen LogP contribution is 2.30. The Balaban J connectivity index is 4.47. The van der Waals surface area contributed by atoms with Crippen LogP contribution < -0.4 is 0 Å². The normalized spacial score (nSPS) is 15.0. The lowest BCUT2D eigenvalue weighted by atomic mass is 9.87. The summed E-state index contributed by atoms with van der Waals surface area (Å²) in [7, 11) is 0. The molecule has 0 heterocycles. The molecular weight excluding hydrogens is 140 g/mol. The summed E-state index contributed by atoms with van der Waals surface area (Å²) in [5, 5.41) is 0. The third kappa shape index (κ3) is 2.78. The van der Waals surface area contributed by atoms with Crippen LogP contribution in [0.2, 0.25) is 0 Å². The summed E-state index contributed by atoms with van der Waals surface area (Å²) < 4.78 is 0. The number of hydrogen-bond acceptors (Lipinski definition) is 1. The maximum absolute atomic E-state index is 2.25. The summed E-state index contributed by atoms with van der Waals surface area (Å²) in [4.78, 5) is 1.45. The Morgan fingerprint density at radius 3 is 1.60 bits per heavy atom. The van der Waals surface area contributed by atoms with Crippen LogP contribution in [0, 0.1) is 5.41 Å². The van der Waals surface area contributed by atoms with E-state index in [-0.39, 0.29) is 0 Å². The SMILES string of the molecule is CSC(C)=C(C)C(C)(C)C. The fourth-order valence-electron chi connectivity index (χ4n) is 0.681. The second kappa shape index (κ2) is 3.47. The first-order valence-electron chi connectivity index (χ1n) is 3.61. The molecule has 0 bridgehead atoms. The minimum absolute atomic E-state index is 0.340. The molecule has 0 saturated heterocycles. The first-order chi connectivity index (χ1) is 4.39. The van der Waals surface area contributed by atoms with E-state index in [4.69, 9.17) is 0 Å². The minimum atomic E-state index is 0.340. The molecule has 0 amide bonds. The molecule has 0 saturated carbocycles. The Kier molecular flexibility index (Phi) is 3.50. The fourth-order valence-corrected chi connectivity index (χ4v) is 1.29. The first kappa shape index (κ1) is 10.1. The molecule has 0 aliphatic heterocycles. The average Bonchev–Trinajstić information content (AvgIpc) is 1.83. The zero-order valence-electron chi connectivity index (χ0n) is 7.91. The van der Waals surface area contributed by atoms with Crippen molar-refractivity contribution >= 4 is 11.8 Å². The first-order valence-corrected chi connectivity index (χ1v) is 4.84. The summed E-state index contributed by atoms with van der Waals surface area (Å²) >= 11 is 1.84. The van der Waals surface area contributed by atoms with E-state index >= 15 is 0 Å². The van der Waals surface area contributed by atoms with Gasteiger partial charge in [0, 0.05) is 0 Å². The summed E-state index contributed by atoms with van der Waals surface area (Å²) in [6, 6.07) is 0. The molecule has 0 atom stereocenters. The van der Waals surface area contributed by atoms with Crippen molar-refractivity contribution in [2.75, 3.05) is 6.26 Å². The number of rotatable bonds is 1. The summed E-state index contributed by atoms with van der Waals surface area (Å²) in [6.45, 7) is 11.2. The molecule has 0 unspecified atom stereocenters. The summed E-state index contributed by atoms with van der Waals surface area (Å²) in [5.74, 6) is 0. The third-order valence-corrected chi connectivity index (χ3v) is 2.88. The predicted octanol–water partition coefficient (Wildman–Crippen LogP) is 3.69. The van der Waals surface area contributed by atoms with Crippen molar-refractivity contribution in [2.45, 2.75) is 34.6 Å². The van der Waals surface area contributed by atoms with Gasteiger partial charge in [0.2, 0.25) is 0 Å². The van der Waals surface area contributed by atoms with Crippen LogP contribution in [0.15, 0.2) is 10.5 Å². The van der Waals surface area contributed by atoms with Gasteiger partial charge in [-0.25, -0.2) is 0 Å². The van der Waals surface area contributed by atoms with Crippen LogP contribution in [-0.2, 0) is 0 Å². The molecule has 0 nitrogen and oxygen atoms in total. The van der Waals surface area contributed by atoms with E-state index in [9.17, 15) is 0 Å². The molecule has 0 rings (SSSR count). The molecule has 10 heavy (non-hydrogen) atoms. The standard InChI is InChI=1S/C9H18S/c1-7(8(2)10-6)9(3,4)5/h1-6H3. The van der Waals surface area contributed by atoms with Crippen LogP contribution in [-0.4, -0.2) is 6.26 Å². The topological polar surface area (TPSA) is 0 Å². The quantitative estimate of drug-likeness (QED) is 0.561. The molecule has 0 radical (unpaired) electrons. The Morgan fingerprint density at radius 1 is 1.10 bits per heavy atom. The molecule has 0 aliphatic carbocycles.